The fraction of sp³-hybridized carbons (Fsp3) is 0.294. The highest BCUT2D eigenvalue weighted by Gasteiger charge is 2.21. The lowest BCUT2D eigenvalue weighted by Crippen LogP contribution is -2.20. The smallest absolute Gasteiger partial charge is 0.128 e. The first kappa shape index (κ1) is 16.0. The van der Waals surface area contributed by atoms with Crippen molar-refractivity contribution in [3.8, 4) is 5.75 Å². The van der Waals surface area contributed by atoms with E-state index in [1.807, 2.05) is 33.0 Å². The number of halogens is 2. The Hall–Kier alpha value is -1.39. The van der Waals surface area contributed by atoms with Crippen molar-refractivity contribution in [2.45, 2.75) is 19.9 Å². The third-order valence-electron chi connectivity index (χ3n) is 3.78. The molecule has 0 aliphatic rings. The molecule has 0 aromatic heterocycles. The zero-order chi connectivity index (χ0) is 15.6. The minimum Gasteiger partial charge on any atom is -0.496 e. The summed E-state index contributed by atoms with van der Waals surface area (Å²) in [5.74, 6) is 0.562. The van der Waals surface area contributed by atoms with E-state index in [0.29, 0.717) is 5.56 Å². The van der Waals surface area contributed by atoms with Gasteiger partial charge < -0.3 is 10.1 Å². The van der Waals surface area contributed by atoms with Crippen LogP contribution in [0.15, 0.2) is 34.8 Å². The lowest BCUT2D eigenvalue weighted by molar-refractivity contribution is 0.401. The molecule has 0 saturated heterocycles. The summed E-state index contributed by atoms with van der Waals surface area (Å²) in [5, 5.41) is 3.18. The molecular weight excluding hydrogens is 333 g/mol. The lowest BCUT2D eigenvalue weighted by Gasteiger charge is -2.22. The summed E-state index contributed by atoms with van der Waals surface area (Å²) in [6.07, 6.45) is 0. The Kier molecular flexibility index (Phi) is 5.01. The maximum atomic E-state index is 14.2. The molecule has 2 aromatic rings. The van der Waals surface area contributed by atoms with Crippen LogP contribution in [0.4, 0.5) is 4.39 Å². The summed E-state index contributed by atoms with van der Waals surface area (Å²) in [6.45, 7) is 4.05. The third kappa shape index (κ3) is 3.11. The molecule has 0 radical (unpaired) electrons. The van der Waals surface area contributed by atoms with Gasteiger partial charge in [-0.2, -0.15) is 0 Å². The van der Waals surface area contributed by atoms with Gasteiger partial charge in [0.25, 0.3) is 0 Å². The summed E-state index contributed by atoms with van der Waals surface area (Å²) < 4.78 is 20.6. The molecule has 0 amide bonds. The molecule has 0 aliphatic carbocycles. The van der Waals surface area contributed by atoms with E-state index >= 15 is 0 Å². The van der Waals surface area contributed by atoms with E-state index in [0.717, 1.165) is 26.9 Å². The van der Waals surface area contributed by atoms with Crippen molar-refractivity contribution in [2.75, 3.05) is 14.2 Å². The van der Waals surface area contributed by atoms with Crippen LogP contribution in [0, 0.1) is 19.7 Å². The van der Waals surface area contributed by atoms with Crippen LogP contribution in [0.1, 0.15) is 28.3 Å². The van der Waals surface area contributed by atoms with Crippen molar-refractivity contribution >= 4 is 15.9 Å². The number of nitrogens with one attached hydrogen (secondary N) is 1. The predicted octanol–water partition coefficient (Wildman–Crippen LogP) is 4.52. The van der Waals surface area contributed by atoms with Crippen molar-refractivity contribution in [3.63, 3.8) is 0 Å². The predicted molar refractivity (Wildman–Crippen MR) is 87.5 cm³/mol. The van der Waals surface area contributed by atoms with Gasteiger partial charge in [-0.25, -0.2) is 4.39 Å². The molecule has 0 spiro atoms. The quantitative estimate of drug-likeness (QED) is 0.873. The first-order chi connectivity index (χ1) is 9.99. The second-order valence-electron chi connectivity index (χ2n) is 5.02. The minimum absolute atomic E-state index is 0.238. The van der Waals surface area contributed by atoms with Gasteiger partial charge in [0.2, 0.25) is 0 Å². The number of hydrogen-bond acceptors (Lipinski definition) is 2. The van der Waals surface area contributed by atoms with Crippen LogP contribution in [0.5, 0.6) is 5.75 Å². The summed E-state index contributed by atoms with van der Waals surface area (Å²) in [5.41, 5.74) is 3.75. The van der Waals surface area contributed by atoms with Crippen LogP contribution in [0.2, 0.25) is 0 Å². The van der Waals surface area contributed by atoms with Crippen molar-refractivity contribution in [1.82, 2.24) is 5.32 Å². The second kappa shape index (κ2) is 6.58. The van der Waals surface area contributed by atoms with E-state index in [1.165, 1.54) is 6.07 Å². The van der Waals surface area contributed by atoms with Gasteiger partial charge in [0, 0.05) is 15.6 Å². The molecule has 2 nitrogen and oxygen atoms in total. The molecule has 21 heavy (non-hydrogen) atoms. The topological polar surface area (TPSA) is 21.3 Å². The molecule has 0 heterocycles. The van der Waals surface area contributed by atoms with Crippen LogP contribution in [-0.4, -0.2) is 14.2 Å². The molecule has 0 bridgehead atoms. The van der Waals surface area contributed by atoms with E-state index in [4.69, 9.17) is 4.74 Å². The number of benzene rings is 2. The monoisotopic (exact) mass is 351 g/mol. The zero-order valence-electron chi connectivity index (χ0n) is 12.6. The Bertz CT molecular complexity index is 657. The summed E-state index contributed by atoms with van der Waals surface area (Å²) in [4.78, 5) is 0. The van der Waals surface area contributed by atoms with Crippen molar-refractivity contribution < 1.29 is 9.13 Å². The number of rotatable bonds is 4. The fourth-order valence-electron chi connectivity index (χ4n) is 2.52. The van der Waals surface area contributed by atoms with Gasteiger partial charge in [0.15, 0.2) is 0 Å². The maximum Gasteiger partial charge on any atom is 0.128 e. The van der Waals surface area contributed by atoms with Gasteiger partial charge in [-0.15, -0.1) is 0 Å². The molecule has 2 rings (SSSR count). The highest BCUT2D eigenvalue weighted by molar-refractivity contribution is 9.10. The van der Waals surface area contributed by atoms with Gasteiger partial charge in [0.1, 0.15) is 11.6 Å². The maximum absolute atomic E-state index is 14.2. The largest absolute Gasteiger partial charge is 0.496 e. The Balaban J connectivity index is 2.62. The standard InChI is InChI=1S/C17H19BrFNO/c1-10-5-7-13(17(21-4)11(10)2)16(20-3)14-9-12(18)6-8-15(14)19/h5-9,16,20H,1-4H3. The van der Waals surface area contributed by atoms with E-state index in [-0.39, 0.29) is 11.9 Å². The highest BCUT2D eigenvalue weighted by Crippen LogP contribution is 2.35. The minimum atomic E-state index is -0.267. The average molecular weight is 352 g/mol. The van der Waals surface area contributed by atoms with Crippen molar-refractivity contribution in [1.29, 1.82) is 0 Å². The molecule has 0 aliphatic heterocycles. The average Bonchev–Trinajstić information content (AvgIpc) is 2.47. The van der Waals surface area contributed by atoms with Crippen molar-refractivity contribution in [2.24, 2.45) is 0 Å². The molecule has 112 valence electrons. The van der Waals surface area contributed by atoms with E-state index < -0.39 is 0 Å². The van der Waals surface area contributed by atoms with Gasteiger partial charge in [-0.3, -0.25) is 0 Å². The molecule has 1 atom stereocenters. The number of hydrogen-bond donors (Lipinski definition) is 1. The van der Waals surface area contributed by atoms with Crippen LogP contribution in [0.25, 0.3) is 0 Å². The molecular formula is C17H19BrFNO. The first-order valence-electron chi connectivity index (χ1n) is 6.76. The molecule has 4 heteroatoms. The highest BCUT2D eigenvalue weighted by atomic mass is 79.9. The van der Waals surface area contributed by atoms with Crippen LogP contribution in [0.3, 0.4) is 0 Å². The SMILES string of the molecule is CNC(c1cc(Br)ccc1F)c1ccc(C)c(C)c1OC. The molecule has 0 saturated carbocycles. The number of aryl methyl sites for hydroxylation is 1. The van der Waals surface area contributed by atoms with Gasteiger partial charge in [0.05, 0.1) is 13.2 Å². The van der Waals surface area contributed by atoms with E-state index in [2.05, 4.69) is 21.2 Å². The zero-order valence-corrected chi connectivity index (χ0v) is 14.2. The lowest BCUT2D eigenvalue weighted by atomic mass is 9.94. The molecule has 1 unspecified atom stereocenters. The summed E-state index contributed by atoms with van der Waals surface area (Å²) in [7, 11) is 3.47. The van der Waals surface area contributed by atoms with Crippen LogP contribution >= 0.6 is 15.9 Å². The van der Waals surface area contributed by atoms with Crippen molar-refractivity contribution in [3.05, 3.63) is 62.9 Å². The van der Waals surface area contributed by atoms with E-state index in [9.17, 15) is 4.39 Å². The third-order valence-corrected chi connectivity index (χ3v) is 4.27. The first-order valence-corrected chi connectivity index (χ1v) is 7.55. The Morgan fingerprint density at radius 3 is 2.48 bits per heavy atom. The van der Waals surface area contributed by atoms with Gasteiger partial charge in [-0.1, -0.05) is 28.1 Å². The molecule has 0 fully saturated rings. The summed E-state index contributed by atoms with van der Waals surface area (Å²) >= 11 is 3.40. The fourth-order valence-corrected chi connectivity index (χ4v) is 2.90. The van der Waals surface area contributed by atoms with Gasteiger partial charge in [-0.05, 0) is 50.2 Å². The summed E-state index contributed by atoms with van der Waals surface area (Å²) in [6, 6.07) is 8.72. The van der Waals surface area contributed by atoms with Crippen LogP contribution in [-0.2, 0) is 0 Å². The Morgan fingerprint density at radius 2 is 1.86 bits per heavy atom. The number of methoxy groups -OCH3 is 1. The molecule has 1 N–H and O–H groups in total. The normalized spacial score (nSPS) is 12.3. The van der Waals surface area contributed by atoms with E-state index in [1.54, 1.807) is 19.2 Å². The molecule has 2 aromatic carbocycles. The number of ether oxygens (including phenoxy) is 1. The second-order valence-corrected chi connectivity index (χ2v) is 5.93. The Labute approximate surface area is 133 Å². The Morgan fingerprint density at radius 1 is 1.14 bits per heavy atom. The van der Waals surface area contributed by atoms with Gasteiger partial charge >= 0.3 is 0 Å². The van der Waals surface area contributed by atoms with Crippen LogP contribution < -0.4 is 10.1 Å².